The normalized spacial score (nSPS) is 14.1. The molecule has 2 aromatic rings. The number of hydrogen-bond acceptors (Lipinski definition) is 4. The minimum Gasteiger partial charge on any atom is -0.405 e. The number of halogens is 3. The van der Waals surface area contributed by atoms with Crippen LogP contribution in [0, 0.1) is 0 Å². The number of carbonyl (C=O) groups excluding carboxylic acids is 1. The number of nitrogens with one attached hydrogen (secondary N) is 1. The first kappa shape index (κ1) is 17.3. The zero-order chi connectivity index (χ0) is 17.1. The summed E-state index contributed by atoms with van der Waals surface area (Å²) in [6, 6.07) is 8.49. The van der Waals surface area contributed by atoms with Crippen LogP contribution in [-0.4, -0.2) is 23.9 Å². The fourth-order valence-electron chi connectivity index (χ4n) is 1.89. The molecular formula is C15H14F3NO3S. The van der Waals surface area contributed by atoms with Crippen LogP contribution in [-0.2, 0) is 5.60 Å². The second-order valence-corrected chi connectivity index (χ2v) is 5.93. The average Bonchev–Trinajstić information content (AvgIpc) is 2.99. The third-order valence-corrected chi connectivity index (χ3v) is 4.13. The van der Waals surface area contributed by atoms with Gasteiger partial charge in [-0.15, -0.1) is 24.5 Å². The first-order valence-electron chi connectivity index (χ1n) is 6.58. The van der Waals surface area contributed by atoms with Crippen LogP contribution in [0.1, 0.15) is 22.2 Å². The SMILES string of the molecule is CC(O)(CNC(=O)c1ccccc1OC(F)(F)F)c1cccs1. The maximum absolute atomic E-state index is 12.4. The van der Waals surface area contributed by atoms with Gasteiger partial charge in [-0.2, -0.15) is 0 Å². The summed E-state index contributed by atoms with van der Waals surface area (Å²) in [7, 11) is 0. The van der Waals surface area contributed by atoms with Crippen molar-refractivity contribution in [3.8, 4) is 5.75 Å². The van der Waals surface area contributed by atoms with Crippen LogP contribution in [0.4, 0.5) is 13.2 Å². The highest BCUT2D eigenvalue weighted by atomic mass is 32.1. The molecule has 0 saturated heterocycles. The van der Waals surface area contributed by atoms with Gasteiger partial charge in [-0.3, -0.25) is 4.79 Å². The Labute approximate surface area is 134 Å². The van der Waals surface area contributed by atoms with E-state index in [1.165, 1.54) is 36.5 Å². The van der Waals surface area contributed by atoms with Crippen LogP contribution >= 0.6 is 11.3 Å². The third-order valence-electron chi connectivity index (χ3n) is 3.00. The van der Waals surface area contributed by atoms with E-state index in [1.807, 2.05) is 0 Å². The zero-order valence-corrected chi connectivity index (χ0v) is 12.9. The van der Waals surface area contributed by atoms with E-state index < -0.39 is 23.6 Å². The minimum absolute atomic E-state index is 0.146. The first-order valence-corrected chi connectivity index (χ1v) is 7.46. The summed E-state index contributed by atoms with van der Waals surface area (Å²) in [4.78, 5) is 12.7. The Morgan fingerprint density at radius 2 is 1.96 bits per heavy atom. The van der Waals surface area contributed by atoms with E-state index in [2.05, 4.69) is 10.1 Å². The molecule has 0 fully saturated rings. The van der Waals surface area contributed by atoms with Crippen LogP contribution < -0.4 is 10.1 Å². The number of alkyl halides is 3. The minimum atomic E-state index is -4.89. The summed E-state index contributed by atoms with van der Waals surface area (Å²) >= 11 is 1.31. The second-order valence-electron chi connectivity index (χ2n) is 4.98. The molecule has 23 heavy (non-hydrogen) atoms. The maximum Gasteiger partial charge on any atom is 0.573 e. The number of rotatable bonds is 5. The molecule has 2 rings (SSSR count). The quantitative estimate of drug-likeness (QED) is 0.874. The molecule has 0 aliphatic carbocycles. The number of benzene rings is 1. The van der Waals surface area contributed by atoms with Crippen molar-refractivity contribution in [2.24, 2.45) is 0 Å². The van der Waals surface area contributed by atoms with Crippen LogP contribution in [0.3, 0.4) is 0 Å². The average molecular weight is 345 g/mol. The van der Waals surface area contributed by atoms with E-state index in [0.29, 0.717) is 4.88 Å². The van der Waals surface area contributed by atoms with E-state index in [1.54, 1.807) is 17.5 Å². The summed E-state index contributed by atoms with van der Waals surface area (Å²) in [6.45, 7) is 1.37. The van der Waals surface area contributed by atoms with E-state index in [-0.39, 0.29) is 12.1 Å². The second kappa shape index (κ2) is 6.59. The number of hydrogen-bond donors (Lipinski definition) is 2. The number of aliphatic hydroxyl groups is 1. The molecule has 0 bridgehead atoms. The van der Waals surface area contributed by atoms with Gasteiger partial charge in [0.1, 0.15) is 11.4 Å². The van der Waals surface area contributed by atoms with Crippen molar-refractivity contribution in [3.05, 3.63) is 52.2 Å². The van der Waals surface area contributed by atoms with Gasteiger partial charge in [-0.05, 0) is 30.5 Å². The molecular weight excluding hydrogens is 331 g/mol. The monoisotopic (exact) mass is 345 g/mol. The van der Waals surface area contributed by atoms with Gasteiger partial charge < -0.3 is 15.2 Å². The standard InChI is InChI=1S/C15H14F3NO3S/c1-14(21,12-7-4-8-23-12)9-19-13(20)10-5-2-3-6-11(10)22-15(16,17)18/h2-8,21H,9H2,1H3,(H,19,20). The van der Waals surface area contributed by atoms with Gasteiger partial charge in [0.25, 0.3) is 5.91 Å². The molecule has 2 N–H and O–H groups in total. The molecule has 1 heterocycles. The largest absolute Gasteiger partial charge is 0.573 e. The Balaban J connectivity index is 2.10. The molecule has 124 valence electrons. The summed E-state index contributed by atoms with van der Waals surface area (Å²) in [5.41, 5.74) is -1.57. The van der Waals surface area contributed by atoms with E-state index in [0.717, 1.165) is 6.07 Å². The molecule has 1 unspecified atom stereocenters. The van der Waals surface area contributed by atoms with Gasteiger partial charge in [0.05, 0.1) is 12.1 Å². The third kappa shape index (κ3) is 4.70. The lowest BCUT2D eigenvalue weighted by atomic mass is 10.0. The lowest BCUT2D eigenvalue weighted by Crippen LogP contribution is -2.38. The van der Waals surface area contributed by atoms with Crippen molar-refractivity contribution in [1.82, 2.24) is 5.32 Å². The van der Waals surface area contributed by atoms with Crippen LogP contribution in [0.2, 0.25) is 0 Å². The lowest BCUT2D eigenvalue weighted by Gasteiger charge is -2.22. The predicted octanol–water partition coefficient (Wildman–Crippen LogP) is 3.28. The summed E-state index contributed by atoms with van der Waals surface area (Å²) in [6.07, 6.45) is -4.89. The van der Waals surface area contributed by atoms with E-state index >= 15 is 0 Å². The maximum atomic E-state index is 12.4. The smallest absolute Gasteiger partial charge is 0.405 e. The van der Waals surface area contributed by atoms with Gasteiger partial charge in [0.2, 0.25) is 0 Å². The molecule has 0 aliphatic heterocycles. The number of thiophene rings is 1. The Bertz CT molecular complexity index is 669. The Morgan fingerprint density at radius 1 is 1.26 bits per heavy atom. The Morgan fingerprint density at radius 3 is 2.57 bits per heavy atom. The molecule has 1 aromatic heterocycles. The van der Waals surface area contributed by atoms with Crippen molar-refractivity contribution in [2.75, 3.05) is 6.54 Å². The Hall–Kier alpha value is -2.06. The highest BCUT2D eigenvalue weighted by Gasteiger charge is 2.33. The fraction of sp³-hybridized carbons (Fsp3) is 0.267. The summed E-state index contributed by atoms with van der Waals surface area (Å²) < 4.78 is 40.9. The fourth-order valence-corrected chi connectivity index (χ4v) is 2.67. The first-order chi connectivity index (χ1) is 10.7. The molecule has 1 atom stereocenters. The van der Waals surface area contributed by atoms with Gasteiger partial charge >= 0.3 is 6.36 Å². The molecule has 8 heteroatoms. The number of carbonyl (C=O) groups is 1. The van der Waals surface area contributed by atoms with Gasteiger partial charge in [-0.25, -0.2) is 0 Å². The zero-order valence-electron chi connectivity index (χ0n) is 12.1. The van der Waals surface area contributed by atoms with E-state index in [4.69, 9.17) is 0 Å². The molecule has 0 radical (unpaired) electrons. The van der Waals surface area contributed by atoms with Gasteiger partial charge in [0.15, 0.2) is 0 Å². The predicted molar refractivity (Wildman–Crippen MR) is 79.3 cm³/mol. The van der Waals surface area contributed by atoms with Crippen LogP contribution in [0.15, 0.2) is 41.8 Å². The highest BCUT2D eigenvalue weighted by molar-refractivity contribution is 7.10. The topological polar surface area (TPSA) is 58.6 Å². The summed E-state index contributed by atoms with van der Waals surface area (Å²) in [5.74, 6) is -1.35. The van der Waals surface area contributed by atoms with E-state index in [9.17, 15) is 23.1 Å². The lowest BCUT2D eigenvalue weighted by molar-refractivity contribution is -0.274. The van der Waals surface area contributed by atoms with Crippen molar-refractivity contribution in [2.45, 2.75) is 18.9 Å². The summed E-state index contributed by atoms with van der Waals surface area (Å²) in [5, 5.41) is 14.5. The van der Waals surface area contributed by atoms with Crippen molar-refractivity contribution >= 4 is 17.2 Å². The number of ether oxygens (including phenoxy) is 1. The van der Waals surface area contributed by atoms with Crippen molar-refractivity contribution < 1.29 is 27.8 Å². The molecule has 0 spiro atoms. The molecule has 1 aromatic carbocycles. The number of amides is 1. The van der Waals surface area contributed by atoms with Crippen LogP contribution in [0.5, 0.6) is 5.75 Å². The van der Waals surface area contributed by atoms with Gasteiger partial charge in [0, 0.05) is 4.88 Å². The molecule has 4 nitrogen and oxygen atoms in total. The molecule has 0 aliphatic rings. The van der Waals surface area contributed by atoms with Crippen molar-refractivity contribution in [3.63, 3.8) is 0 Å². The number of para-hydroxylation sites is 1. The highest BCUT2D eigenvalue weighted by Crippen LogP contribution is 2.27. The van der Waals surface area contributed by atoms with Gasteiger partial charge in [-0.1, -0.05) is 18.2 Å². The van der Waals surface area contributed by atoms with Crippen molar-refractivity contribution in [1.29, 1.82) is 0 Å². The van der Waals surface area contributed by atoms with Crippen LogP contribution in [0.25, 0.3) is 0 Å². The Kier molecular flexibility index (Phi) is 4.96. The molecule has 1 amide bonds. The molecule has 0 saturated carbocycles.